The second-order valence-electron chi connectivity index (χ2n) is 9.44. The van der Waals surface area contributed by atoms with Gasteiger partial charge >= 0.3 is 0 Å². The molecule has 160 valence electrons. The van der Waals surface area contributed by atoms with E-state index in [0.717, 1.165) is 48.3 Å². The summed E-state index contributed by atoms with van der Waals surface area (Å²) in [6.07, 6.45) is 5.82. The number of rotatable bonds is 5. The molecule has 1 amide bonds. The highest BCUT2D eigenvalue weighted by Crippen LogP contribution is 2.40. The Morgan fingerprint density at radius 2 is 2.13 bits per heavy atom. The van der Waals surface area contributed by atoms with Crippen LogP contribution in [0.1, 0.15) is 60.5 Å². The number of nitrogens with zero attached hydrogens (tertiary/aromatic N) is 1. The monoisotopic (exact) mass is 426 g/mol. The van der Waals surface area contributed by atoms with E-state index in [0.29, 0.717) is 11.3 Å². The number of carbonyl (C=O) groups is 1. The molecule has 0 bridgehead atoms. The molecule has 1 N–H and O–H groups in total. The largest absolute Gasteiger partial charge is 0.454 e. The smallest absolute Gasteiger partial charge is 0.272 e. The molecule has 4 rings (SSSR count). The minimum atomic E-state index is -0.103. The van der Waals surface area contributed by atoms with Crippen LogP contribution in [0.3, 0.4) is 0 Å². The second kappa shape index (κ2) is 8.42. The number of nitrogens with one attached hydrogen (secondary N) is 1. The number of benzene rings is 1. The van der Waals surface area contributed by atoms with Crippen molar-refractivity contribution in [1.29, 1.82) is 0 Å². The summed E-state index contributed by atoms with van der Waals surface area (Å²) < 4.78 is 10.8. The van der Waals surface area contributed by atoms with Gasteiger partial charge in [0.25, 0.3) is 5.91 Å². The summed E-state index contributed by atoms with van der Waals surface area (Å²) in [5.74, 6) is 2.35. The summed E-state index contributed by atoms with van der Waals surface area (Å²) in [5, 5.41) is 6.22. The normalized spacial score (nSPS) is 19.0. The van der Waals surface area contributed by atoms with Gasteiger partial charge in [-0.25, -0.2) is 5.43 Å². The lowest BCUT2D eigenvalue weighted by atomic mass is 9.72. The third kappa shape index (κ3) is 4.53. The summed E-state index contributed by atoms with van der Waals surface area (Å²) in [4.78, 5) is 14.0. The third-order valence-electron chi connectivity index (χ3n) is 6.11. The lowest BCUT2D eigenvalue weighted by Crippen LogP contribution is -2.27. The number of amides is 1. The maximum atomic E-state index is 12.7. The SMILES string of the molecule is CC(/C=N/NC(=O)c1csc2c1CCC(C(C)(C)C)C2)Cc1ccc2c(c1)OCO2. The first-order chi connectivity index (χ1) is 14.3. The van der Waals surface area contributed by atoms with Crippen LogP contribution in [0.4, 0.5) is 0 Å². The zero-order valence-electron chi connectivity index (χ0n) is 18.2. The first kappa shape index (κ1) is 20.9. The molecule has 1 aliphatic heterocycles. The van der Waals surface area contributed by atoms with Crippen LogP contribution in [0.15, 0.2) is 28.7 Å². The van der Waals surface area contributed by atoms with Crippen molar-refractivity contribution >= 4 is 23.5 Å². The van der Waals surface area contributed by atoms with Gasteiger partial charge in [0.1, 0.15) is 0 Å². The van der Waals surface area contributed by atoms with Crippen molar-refractivity contribution in [2.75, 3.05) is 6.79 Å². The summed E-state index contributed by atoms with van der Waals surface area (Å²) >= 11 is 1.72. The van der Waals surface area contributed by atoms with Gasteiger partial charge in [0.05, 0.1) is 5.56 Å². The number of thiophene rings is 1. The van der Waals surface area contributed by atoms with Crippen molar-refractivity contribution < 1.29 is 14.3 Å². The van der Waals surface area contributed by atoms with Crippen molar-refractivity contribution in [3.63, 3.8) is 0 Å². The van der Waals surface area contributed by atoms with Gasteiger partial charge in [-0.1, -0.05) is 33.8 Å². The molecule has 2 heterocycles. The van der Waals surface area contributed by atoms with Crippen molar-refractivity contribution in [2.24, 2.45) is 22.4 Å². The Kier molecular flexibility index (Phi) is 5.87. The minimum Gasteiger partial charge on any atom is -0.454 e. The Hall–Kier alpha value is -2.34. The Balaban J connectivity index is 1.33. The summed E-state index contributed by atoms with van der Waals surface area (Å²) in [6.45, 7) is 9.29. The first-order valence-electron chi connectivity index (χ1n) is 10.6. The summed E-state index contributed by atoms with van der Waals surface area (Å²) in [5.41, 5.74) is 6.21. The van der Waals surface area contributed by atoms with E-state index < -0.39 is 0 Å². The van der Waals surface area contributed by atoms with E-state index in [4.69, 9.17) is 9.47 Å². The molecule has 0 spiro atoms. The highest BCUT2D eigenvalue weighted by Gasteiger charge is 2.31. The Labute approximate surface area is 182 Å². The molecule has 1 aromatic carbocycles. The lowest BCUT2D eigenvalue weighted by Gasteiger charge is -2.33. The van der Waals surface area contributed by atoms with E-state index in [-0.39, 0.29) is 18.6 Å². The fraction of sp³-hybridized carbons (Fsp3) is 0.500. The second-order valence-corrected chi connectivity index (χ2v) is 10.4. The van der Waals surface area contributed by atoms with Crippen molar-refractivity contribution in [1.82, 2.24) is 5.43 Å². The number of fused-ring (bicyclic) bond motifs is 2. The van der Waals surface area contributed by atoms with Gasteiger partial charge in [-0.15, -0.1) is 11.3 Å². The standard InChI is InChI=1S/C24H30N2O3S/c1-15(9-16-5-8-20-21(10-16)29-14-28-20)12-25-26-23(27)19-13-30-22-11-17(24(2,3)4)6-7-18(19)22/h5,8,10,12-13,15,17H,6-7,9,11,14H2,1-4H3,(H,26,27)/b25-12+. The molecule has 6 heteroatoms. The van der Waals surface area contributed by atoms with Crippen LogP contribution in [0.5, 0.6) is 11.5 Å². The molecule has 0 fully saturated rings. The van der Waals surface area contributed by atoms with E-state index in [2.05, 4.69) is 38.2 Å². The Bertz CT molecular complexity index is 958. The van der Waals surface area contributed by atoms with Crippen LogP contribution >= 0.6 is 11.3 Å². The highest BCUT2D eigenvalue weighted by molar-refractivity contribution is 7.10. The van der Waals surface area contributed by atoms with Crippen molar-refractivity contribution in [2.45, 2.75) is 53.4 Å². The molecule has 2 unspecified atom stereocenters. The molecule has 2 aliphatic rings. The Morgan fingerprint density at radius 3 is 2.93 bits per heavy atom. The predicted molar refractivity (Wildman–Crippen MR) is 121 cm³/mol. The molecule has 1 aliphatic carbocycles. The van der Waals surface area contributed by atoms with E-state index in [9.17, 15) is 4.79 Å². The first-order valence-corrected chi connectivity index (χ1v) is 11.5. The highest BCUT2D eigenvalue weighted by atomic mass is 32.1. The molecule has 30 heavy (non-hydrogen) atoms. The lowest BCUT2D eigenvalue weighted by molar-refractivity contribution is 0.0954. The molecule has 0 saturated carbocycles. The van der Waals surface area contributed by atoms with Crippen LogP contribution in [-0.2, 0) is 19.3 Å². The average Bonchev–Trinajstić information content (AvgIpc) is 3.33. The molecule has 0 radical (unpaired) electrons. The number of hydrogen-bond acceptors (Lipinski definition) is 5. The van der Waals surface area contributed by atoms with Gasteiger partial charge in [-0.05, 0) is 66.2 Å². The third-order valence-corrected chi connectivity index (χ3v) is 7.17. The van der Waals surface area contributed by atoms with Crippen LogP contribution < -0.4 is 14.9 Å². The van der Waals surface area contributed by atoms with Gasteiger partial charge in [-0.3, -0.25) is 4.79 Å². The number of ether oxygens (including phenoxy) is 2. The van der Waals surface area contributed by atoms with Gasteiger partial charge < -0.3 is 9.47 Å². The zero-order valence-corrected chi connectivity index (χ0v) is 19.0. The number of hydrogen-bond donors (Lipinski definition) is 1. The fourth-order valence-corrected chi connectivity index (χ4v) is 5.38. The van der Waals surface area contributed by atoms with Crippen LogP contribution in [-0.4, -0.2) is 18.9 Å². The topological polar surface area (TPSA) is 59.9 Å². The van der Waals surface area contributed by atoms with E-state index in [1.54, 1.807) is 17.6 Å². The summed E-state index contributed by atoms with van der Waals surface area (Å²) in [7, 11) is 0. The van der Waals surface area contributed by atoms with Crippen LogP contribution in [0.2, 0.25) is 0 Å². The fourth-order valence-electron chi connectivity index (χ4n) is 4.22. The van der Waals surface area contributed by atoms with Crippen molar-refractivity contribution in [3.05, 3.63) is 45.1 Å². The predicted octanol–water partition coefficient (Wildman–Crippen LogP) is 5.22. The van der Waals surface area contributed by atoms with E-state index in [1.807, 2.05) is 23.6 Å². The van der Waals surface area contributed by atoms with E-state index in [1.165, 1.54) is 10.4 Å². The van der Waals surface area contributed by atoms with Gasteiger partial charge in [0.2, 0.25) is 6.79 Å². The van der Waals surface area contributed by atoms with Gasteiger partial charge in [0, 0.05) is 16.5 Å². The van der Waals surface area contributed by atoms with Crippen LogP contribution in [0, 0.1) is 17.3 Å². The molecule has 0 saturated heterocycles. The molecular formula is C24H30N2O3S. The maximum Gasteiger partial charge on any atom is 0.272 e. The summed E-state index contributed by atoms with van der Waals surface area (Å²) in [6, 6.07) is 5.99. The van der Waals surface area contributed by atoms with Gasteiger partial charge in [-0.2, -0.15) is 5.10 Å². The van der Waals surface area contributed by atoms with Crippen molar-refractivity contribution in [3.8, 4) is 11.5 Å². The zero-order chi connectivity index (χ0) is 21.3. The Morgan fingerprint density at radius 1 is 1.33 bits per heavy atom. The van der Waals surface area contributed by atoms with Gasteiger partial charge in [0.15, 0.2) is 11.5 Å². The molecule has 1 aromatic heterocycles. The number of carbonyl (C=O) groups excluding carboxylic acids is 1. The number of hydrazone groups is 1. The molecule has 2 aromatic rings. The molecule has 5 nitrogen and oxygen atoms in total. The van der Waals surface area contributed by atoms with Crippen LogP contribution in [0.25, 0.3) is 0 Å². The average molecular weight is 427 g/mol. The molecular weight excluding hydrogens is 396 g/mol. The quantitative estimate of drug-likeness (QED) is 0.527. The maximum absolute atomic E-state index is 12.7. The van der Waals surface area contributed by atoms with E-state index >= 15 is 0 Å². The molecule has 2 atom stereocenters. The minimum absolute atomic E-state index is 0.103.